The number of nitrogens with zero attached hydrogens (tertiary/aromatic N) is 3. The van der Waals surface area contributed by atoms with Crippen LogP contribution in [0.2, 0.25) is 0 Å². The van der Waals surface area contributed by atoms with Crippen LogP contribution in [0.25, 0.3) is 11.0 Å². The molecule has 0 spiro atoms. The molecular weight excluding hydrogens is 254 g/mol. The molecule has 20 heavy (non-hydrogen) atoms. The van der Waals surface area contributed by atoms with Gasteiger partial charge in [0.1, 0.15) is 0 Å². The van der Waals surface area contributed by atoms with Gasteiger partial charge in [-0.3, -0.25) is 9.78 Å². The Bertz CT molecular complexity index is 629. The zero-order chi connectivity index (χ0) is 13.9. The number of rotatable bonds is 4. The molecule has 1 unspecified atom stereocenters. The fourth-order valence-corrected chi connectivity index (χ4v) is 2.56. The minimum Gasteiger partial charge on any atom is -0.396 e. The van der Waals surface area contributed by atoms with Gasteiger partial charge in [-0.15, -0.1) is 0 Å². The number of benzene rings is 1. The lowest BCUT2D eigenvalue weighted by molar-refractivity contribution is -0.127. The van der Waals surface area contributed by atoms with Gasteiger partial charge in [0.15, 0.2) is 0 Å². The third-order valence-electron chi connectivity index (χ3n) is 3.69. The van der Waals surface area contributed by atoms with E-state index in [1.54, 1.807) is 11.1 Å². The number of carbonyl (C=O) groups is 1. The fourth-order valence-electron chi connectivity index (χ4n) is 2.56. The van der Waals surface area contributed by atoms with E-state index >= 15 is 0 Å². The van der Waals surface area contributed by atoms with Gasteiger partial charge < -0.3 is 10.0 Å². The molecule has 0 radical (unpaired) electrons. The molecule has 0 bridgehead atoms. The predicted molar refractivity (Wildman–Crippen MR) is 75.0 cm³/mol. The highest BCUT2D eigenvalue weighted by molar-refractivity contribution is 5.78. The minimum absolute atomic E-state index is 0.0814. The van der Waals surface area contributed by atoms with E-state index in [1.807, 2.05) is 24.3 Å². The third kappa shape index (κ3) is 2.63. The van der Waals surface area contributed by atoms with E-state index in [0.29, 0.717) is 25.9 Å². The van der Waals surface area contributed by atoms with Crippen LogP contribution in [0, 0.1) is 5.92 Å². The van der Waals surface area contributed by atoms with Crippen LogP contribution in [-0.2, 0) is 11.2 Å². The summed E-state index contributed by atoms with van der Waals surface area (Å²) in [4.78, 5) is 22.5. The van der Waals surface area contributed by atoms with Gasteiger partial charge in [0.2, 0.25) is 5.91 Å². The van der Waals surface area contributed by atoms with Crippen molar-refractivity contribution < 1.29 is 9.90 Å². The number of aliphatic hydroxyl groups is 1. The Kier molecular flexibility index (Phi) is 3.60. The summed E-state index contributed by atoms with van der Waals surface area (Å²) in [5, 5.41) is 9.10. The number of aromatic nitrogens is 2. The van der Waals surface area contributed by atoms with Crippen molar-refractivity contribution in [3.63, 3.8) is 0 Å². The van der Waals surface area contributed by atoms with E-state index in [2.05, 4.69) is 9.97 Å². The molecule has 104 valence electrons. The minimum atomic E-state index is 0.0814. The highest BCUT2D eigenvalue weighted by atomic mass is 16.3. The molecule has 1 saturated heterocycles. The molecule has 1 N–H and O–H groups in total. The summed E-state index contributed by atoms with van der Waals surface area (Å²) in [5.41, 5.74) is 2.66. The maximum absolute atomic E-state index is 11.8. The molecule has 3 rings (SSSR count). The van der Waals surface area contributed by atoms with Gasteiger partial charge in [-0.05, 0) is 12.1 Å². The lowest BCUT2D eigenvalue weighted by atomic mass is 10.1. The number of likely N-dealkylation sites (tertiary alicyclic amines) is 1. The van der Waals surface area contributed by atoms with Crippen LogP contribution < -0.4 is 0 Å². The summed E-state index contributed by atoms with van der Waals surface area (Å²) < 4.78 is 0. The molecule has 1 aromatic heterocycles. The van der Waals surface area contributed by atoms with Crippen LogP contribution in [0.3, 0.4) is 0 Å². The van der Waals surface area contributed by atoms with Crippen molar-refractivity contribution in [1.82, 2.24) is 14.9 Å². The second-order valence-corrected chi connectivity index (χ2v) is 5.19. The molecule has 0 aliphatic carbocycles. The number of para-hydroxylation sites is 2. The van der Waals surface area contributed by atoms with Crippen LogP contribution in [0.4, 0.5) is 0 Å². The van der Waals surface area contributed by atoms with E-state index in [0.717, 1.165) is 16.7 Å². The number of amides is 1. The Hall–Kier alpha value is -2.01. The molecule has 1 aliphatic rings. The van der Waals surface area contributed by atoms with Crippen molar-refractivity contribution in [2.75, 3.05) is 19.7 Å². The summed E-state index contributed by atoms with van der Waals surface area (Å²) in [6.45, 7) is 1.37. The fraction of sp³-hybridized carbons (Fsp3) is 0.400. The first-order valence-corrected chi connectivity index (χ1v) is 6.85. The van der Waals surface area contributed by atoms with Gasteiger partial charge in [0.25, 0.3) is 0 Å². The molecule has 1 atom stereocenters. The Labute approximate surface area is 117 Å². The first-order valence-electron chi connectivity index (χ1n) is 6.85. The maximum Gasteiger partial charge on any atom is 0.223 e. The van der Waals surface area contributed by atoms with Crippen molar-refractivity contribution in [3.8, 4) is 0 Å². The second kappa shape index (κ2) is 5.54. The van der Waals surface area contributed by atoms with Crippen LogP contribution in [0.5, 0.6) is 0 Å². The normalized spacial score (nSPS) is 18.9. The van der Waals surface area contributed by atoms with Crippen molar-refractivity contribution in [3.05, 3.63) is 36.2 Å². The molecule has 0 saturated carbocycles. The Morgan fingerprint density at radius 3 is 2.85 bits per heavy atom. The molecular formula is C15H17N3O2. The van der Waals surface area contributed by atoms with Gasteiger partial charge in [0.05, 0.1) is 16.7 Å². The lowest BCUT2D eigenvalue weighted by Gasteiger charge is -2.15. The molecule has 1 aromatic carbocycles. The third-order valence-corrected chi connectivity index (χ3v) is 3.69. The van der Waals surface area contributed by atoms with E-state index in [1.165, 1.54) is 0 Å². The standard InChI is InChI=1S/C15H17N3O2/c19-10-11-7-15(20)18(9-11)6-5-12-8-16-13-3-1-2-4-14(13)17-12/h1-4,8,11,19H,5-7,9-10H2. The van der Waals surface area contributed by atoms with E-state index in [-0.39, 0.29) is 18.4 Å². The monoisotopic (exact) mass is 271 g/mol. The first kappa shape index (κ1) is 13.0. The molecule has 5 nitrogen and oxygen atoms in total. The van der Waals surface area contributed by atoms with Crippen molar-refractivity contribution in [2.45, 2.75) is 12.8 Å². The smallest absolute Gasteiger partial charge is 0.223 e. The van der Waals surface area contributed by atoms with Crippen molar-refractivity contribution in [2.24, 2.45) is 5.92 Å². The SMILES string of the molecule is O=C1CC(CO)CN1CCc1cnc2ccccc2n1. The zero-order valence-corrected chi connectivity index (χ0v) is 11.2. The maximum atomic E-state index is 11.8. The Balaban J connectivity index is 1.66. The second-order valence-electron chi connectivity index (χ2n) is 5.19. The van der Waals surface area contributed by atoms with Gasteiger partial charge in [-0.2, -0.15) is 0 Å². The lowest BCUT2D eigenvalue weighted by Crippen LogP contribution is -2.28. The highest BCUT2D eigenvalue weighted by Gasteiger charge is 2.28. The molecule has 1 amide bonds. The van der Waals surface area contributed by atoms with Crippen molar-refractivity contribution in [1.29, 1.82) is 0 Å². The average molecular weight is 271 g/mol. The van der Waals surface area contributed by atoms with Crippen LogP contribution in [-0.4, -0.2) is 45.6 Å². The van der Waals surface area contributed by atoms with Gasteiger partial charge >= 0.3 is 0 Å². The number of hydrogen-bond acceptors (Lipinski definition) is 4. The van der Waals surface area contributed by atoms with E-state index in [9.17, 15) is 4.79 Å². The van der Waals surface area contributed by atoms with Crippen LogP contribution >= 0.6 is 0 Å². The summed E-state index contributed by atoms with van der Waals surface area (Å²) in [6.07, 6.45) is 2.92. The molecule has 5 heteroatoms. The topological polar surface area (TPSA) is 66.3 Å². The number of fused-ring (bicyclic) bond motifs is 1. The quantitative estimate of drug-likeness (QED) is 0.901. The largest absolute Gasteiger partial charge is 0.396 e. The predicted octanol–water partition coefficient (Wildman–Crippen LogP) is 1.01. The molecule has 1 aliphatic heterocycles. The summed E-state index contributed by atoms with van der Waals surface area (Å²) in [5.74, 6) is 0.211. The average Bonchev–Trinajstić information content (AvgIpc) is 2.85. The number of hydrogen-bond donors (Lipinski definition) is 1. The van der Waals surface area contributed by atoms with Gasteiger partial charge in [-0.1, -0.05) is 12.1 Å². The van der Waals surface area contributed by atoms with Crippen LogP contribution in [0.1, 0.15) is 12.1 Å². The molecule has 2 heterocycles. The zero-order valence-electron chi connectivity index (χ0n) is 11.2. The Morgan fingerprint density at radius 2 is 2.10 bits per heavy atom. The Morgan fingerprint density at radius 1 is 1.30 bits per heavy atom. The van der Waals surface area contributed by atoms with E-state index in [4.69, 9.17) is 5.11 Å². The number of aliphatic hydroxyl groups excluding tert-OH is 1. The summed E-state index contributed by atoms with van der Waals surface area (Å²) in [7, 11) is 0. The first-order chi connectivity index (χ1) is 9.76. The highest BCUT2D eigenvalue weighted by Crippen LogP contribution is 2.17. The summed E-state index contributed by atoms with van der Waals surface area (Å²) in [6, 6.07) is 7.75. The van der Waals surface area contributed by atoms with Gasteiger partial charge in [0, 0.05) is 44.7 Å². The summed E-state index contributed by atoms with van der Waals surface area (Å²) >= 11 is 0. The van der Waals surface area contributed by atoms with Crippen molar-refractivity contribution >= 4 is 16.9 Å². The number of carbonyl (C=O) groups excluding carboxylic acids is 1. The van der Waals surface area contributed by atoms with Crippen LogP contribution in [0.15, 0.2) is 30.5 Å². The van der Waals surface area contributed by atoms with Gasteiger partial charge in [-0.25, -0.2) is 4.98 Å². The molecule has 2 aromatic rings. The molecule has 1 fully saturated rings. The van der Waals surface area contributed by atoms with E-state index < -0.39 is 0 Å².